The Morgan fingerprint density at radius 2 is 2.22 bits per heavy atom. The quantitative estimate of drug-likeness (QED) is 0.636. The van der Waals surface area contributed by atoms with E-state index in [1.54, 1.807) is 12.2 Å². The molecule has 18 heavy (non-hydrogen) atoms. The molecule has 0 bridgehead atoms. The number of carbonyl (C=O) groups is 1. The van der Waals surface area contributed by atoms with Gasteiger partial charge in [-0.3, -0.25) is 4.79 Å². The molecule has 1 aromatic rings. The number of benzene rings is 1. The number of nitrogens with two attached hydrogens (primary N) is 1. The van der Waals surface area contributed by atoms with Crippen LogP contribution in [0.1, 0.15) is 12.0 Å². The van der Waals surface area contributed by atoms with Crippen LogP contribution >= 0.6 is 0 Å². The summed E-state index contributed by atoms with van der Waals surface area (Å²) in [5, 5.41) is 0. The molecule has 0 unspecified atom stereocenters. The molecule has 2 N–H and O–H groups in total. The van der Waals surface area contributed by atoms with Crippen LogP contribution in [0.3, 0.4) is 0 Å². The van der Waals surface area contributed by atoms with E-state index in [4.69, 9.17) is 10.5 Å². The Kier molecular flexibility index (Phi) is 4.36. The van der Waals surface area contributed by atoms with Crippen LogP contribution < -0.4 is 5.73 Å². The molecule has 1 aliphatic rings. The SMILES string of the molecule is Nc1cccc(/C=C/C(=O)N2CCCOCC2)c1. The first-order chi connectivity index (χ1) is 8.75. The zero-order chi connectivity index (χ0) is 12.8. The van der Waals surface area contributed by atoms with E-state index in [2.05, 4.69) is 0 Å². The predicted octanol–water partition coefficient (Wildman–Crippen LogP) is 1.53. The highest BCUT2D eigenvalue weighted by Crippen LogP contribution is 2.09. The lowest BCUT2D eigenvalue weighted by atomic mass is 10.2. The van der Waals surface area contributed by atoms with E-state index in [9.17, 15) is 4.79 Å². The minimum Gasteiger partial charge on any atom is -0.399 e. The van der Waals surface area contributed by atoms with Crippen molar-refractivity contribution >= 4 is 17.7 Å². The fourth-order valence-electron chi connectivity index (χ4n) is 1.90. The van der Waals surface area contributed by atoms with Crippen molar-refractivity contribution in [1.29, 1.82) is 0 Å². The van der Waals surface area contributed by atoms with Gasteiger partial charge in [-0.1, -0.05) is 12.1 Å². The maximum atomic E-state index is 12.0. The fraction of sp³-hybridized carbons (Fsp3) is 0.357. The van der Waals surface area contributed by atoms with Crippen LogP contribution in [0.15, 0.2) is 30.3 Å². The highest BCUT2D eigenvalue weighted by Gasteiger charge is 2.12. The van der Waals surface area contributed by atoms with Gasteiger partial charge in [-0.25, -0.2) is 0 Å². The number of amides is 1. The number of hydrogen-bond acceptors (Lipinski definition) is 3. The van der Waals surface area contributed by atoms with E-state index in [-0.39, 0.29) is 5.91 Å². The zero-order valence-electron chi connectivity index (χ0n) is 10.3. The van der Waals surface area contributed by atoms with Crippen LogP contribution in [-0.4, -0.2) is 37.1 Å². The van der Waals surface area contributed by atoms with Crippen molar-refractivity contribution in [2.75, 3.05) is 32.0 Å². The normalized spacial score (nSPS) is 16.8. The molecular formula is C14H18N2O2. The van der Waals surface area contributed by atoms with E-state index in [0.29, 0.717) is 18.8 Å². The minimum atomic E-state index is 0.0305. The summed E-state index contributed by atoms with van der Waals surface area (Å²) in [6.45, 7) is 2.79. The molecule has 0 aromatic heterocycles. The standard InChI is InChI=1S/C14H18N2O2/c15-13-4-1-3-12(11-13)5-6-14(17)16-7-2-9-18-10-8-16/h1,3-6,11H,2,7-10,15H2/b6-5+. The Morgan fingerprint density at radius 1 is 1.33 bits per heavy atom. The van der Waals surface area contributed by atoms with Crippen molar-refractivity contribution in [1.82, 2.24) is 4.90 Å². The van der Waals surface area contributed by atoms with Gasteiger partial charge in [0.1, 0.15) is 0 Å². The zero-order valence-corrected chi connectivity index (χ0v) is 10.3. The molecule has 0 radical (unpaired) electrons. The Hall–Kier alpha value is -1.81. The van der Waals surface area contributed by atoms with Gasteiger partial charge in [0.25, 0.3) is 0 Å². The van der Waals surface area contributed by atoms with Crippen LogP contribution in [0, 0.1) is 0 Å². The molecule has 1 fully saturated rings. The average molecular weight is 246 g/mol. The lowest BCUT2D eigenvalue weighted by molar-refractivity contribution is -0.126. The van der Waals surface area contributed by atoms with Crippen LogP contribution in [0.25, 0.3) is 6.08 Å². The van der Waals surface area contributed by atoms with Gasteiger partial charge < -0.3 is 15.4 Å². The molecule has 1 amide bonds. The van der Waals surface area contributed by atoms with Crippen LogP contribution in [-0.2, 0) is 9.53 Å². The number of nitrogen functional groups attached to an aromatic ring is 1. The largest absolute Gasteiger partial charge is 0.399 e. The maximum absolute atomic E-state index is 12.0. The van der Waals surface area contributed by atoms with Crippen molar-refractivity contribution in [2.45, 2.75) is 6.42 Å². The molecule has 2 rings (SSSR count). The van der Waals surface area contributed by atoms with Crippen molar-refractivity contribution in [3.63, 3.8) is 0 Å². The second-order valence-electron chi connectivity index (χ2n) is 4.29. The van der Waals surface area contributed by atoms with Crippen molar-refractivity contribution in [3.05, 3.63) is 35.9 Å². The molecule has 0 saturated carbocycles. The van der Waals surface area contributed by atoms with Gasteiger partial charge >= 0.3 is 0 Å². The molecule has 96 valence electrons. The van der Waals surface area contributed by atoms with Gasteiger partial charge in [0, 0.05) is 31.5 Å². The summed E-state index contributed by atoms with van der Waals surface area (Å²) in [5.41, 5.74) is 7.32. The second-order valence-corrected chi connectivity index (χ2v) is 4.29. The van der Waals surface area contributed by atoms with Gasteiger partial charge in [0.2, 0.25) is 5.91 Å². The molecule has 4 nitrogen and oxygen atoms in total. The van der Waals surface area contributed by atoms with Gasteiger partial charge in [0.15, 0.2) is 0 Å². The van der Waals surface area contributed by atoms with Gasteiger partial charge in [-0.05, 0) is 30.2 Å². The van der Waals surface area contributed by atoms with Crippen molar-refractivity contribution in [2.24, 2.45) is 0 Å². The highest BCUT2D eigenvalue weighted by atomic mass is 16.5. The van der Waals surface area contributed by atoms with Crippen LogP contribution in [0.2, 0.25) is 0 Å². The van der Waals surface area contributed by atoms with E-state index in [1.807, 2.05) is 29.2 Å². The molecule has 1 aromatic carbocycles. The molecular weight excluding hydrogens is 228 g/mol. The number of carbonyl (C=O) groups excluding carboxylic acids is 1. The predicted molar refractivity (Wildman–Crippen MR) is 71.9 cm³/mol. The minimum absolute atomic E-state index is 0.0305. The molecule has 0 spiro atoms. The summed E-state index contributed by atoms with van der Waals surface area (Å²) < 4.78 is 5.32. The van der Waals surface area contributed by atoms with Gasteiger partial charge in [-0.15, -0.1) is 0 Å². The van der Waals surface area contributed by atoms with Crippen LogP contribution in [0.5, 0.6) is 0 Å². The summed E-state index contributed by atoms with van der Waals surface area (Å²) in [4.78, 5) is 13.8. The average Bonchev–Trinajstić information content (AvgIpc) is 2.65. The third-order valence-electron chi connectivity index (χ3n) is 2.86. The van der Waals surface area contributed by atoms with Crippen molar-refractivity contribution < 1.29 is 9.53 Å². The molecule has 0 atom stereocenters. The lowest BCUT2D eigenvalue weighted by Crippen LogP contribution is -2.31. The second kappa shape index (κ2) is 6.21. The molecule has 1 heterocycles. The number of anilines is 1. The molecule has 0 aliphatic carbocycles. The fourth-order valence-corrected chi connectivity index (χ4v) is 1.90. The maximum Gasteiger partial charge on any atom is 0.246 e. The molecule has 1 aliphatic heterocycles. The summed E-state index contributed by atoms with van der Waals surface area (Å²) in [7, 11) is 0. The summed E-state index contributed by atoms with van der Waals surface area (Å²) in [6.07, 6.45) is 4.29. The number of hydrogen-bond donors (Lipinski definition) is 1. The van der Waals surface area contributed by atoms with E-state index >= 15 is 0 Å². The third-order valence-corrected chi connectivity index (χ3v) is 2.86. The highest BCUT2D eigenvalue weighted by molar-refractivity contribution is 5.91. The monoisotopic (exact) mass is 246 g/mol. The summed E-state index contributed by atoms with van der Waals surface area (Å²) >= 11 is 0. The van der Waals surface area contributed by atoms with E-state index in [0.717, 1.165) is 25.1 Å². The number of rotatable bonds is 2. The third kappa shape index (κ3) is 3.60. The molecule has 1 saturated heterocycles. The Balaban J connectivity index is 1.97. The smallest absolute Gasteiger partial charge is 0.246 e. The van der Waals surface area contributed by atoms with Crippen molar-refractivity contribution in [3.8, 4) is 0 Å². The first kappa shape index (κ1) is 12.6. The Morgan fingerprint density at radius 3 is 3.06 bits per heavy atom. The summed E-state index contributed by atoms with van der Waals surface area (Å²) in [6, 6.07) is 7.46. The molecule has 4 heteroatoms. The van der Waals surface area contributed by atoms with Gasteiger partial charge in [-0.2, -0.15) is 0 Å². The Labute approximate surface area is 107 Å². The lowest BCUT2D eigenvalue weighted by Gasteiger charge is -2.17. The number of ether oxygens (including phenoxy) is 1. The van der Waals surface area contributed by atoms with Crippen LogP contribution in [0.4, 0.5) is 5.69 Å². The first-order valence-corrected chi connectivity index (χ1v) is 6.16. The summed E-state index contributed by atoms with van der Waals surface area (Å²) in [5.74, 6) is 0.0305. The van der Waals surface area contributed by atoms with E-state index in [1.165, 1.54) is 0 Å². The topological polar surface area (TPSA) is 55.6 Å². The van der Waals surface area contributed by atoms with Gasteiger partial charge in [0.05, 0.1) is 6.61 Å². The Bertz CT molecular complexity index is 435. The number of nitrogens with zero attached hydrogens (tertiary/aromatic N) is 1. The first-order valence-electron chi connectivity index (χ1n) is 6.16. The van der Waals surface area contributed by atoms with E-state index < -0.39 is 0 Å².